The summed E-state index contributed by atoms with van der Waals surface area (Å²) in [6.07, 6.45) is 3.24. The second-order valence-electron chi connectivity index (χ2n) is 3.81. The quantitative estimate of drug-likeness (QED) is 0.911. The van der Waals surface area contributed by atoms with Crippen LogP contribution in [-0.4, -0.2) is 22.4 Å². The van der Waals surface area contributed by atoms with Crippen LogP contribution in [0.2, 0.25) is 10.0 Å². The maximum Gasteiger partial charge on any atom is 0.319 e. The van der Waals surface area contributed by atoms with Crippen LogP contribution in [-0.2, 0) is 6.54 Å². The largest absolute Gasteiger partial charge is 0.336 e. The fraction of sp³-hybridized carbons (Fsp3) is 0.167. The number of nitrogens with one attached hydrogen (secondary N) is 2. The van der Waals surface area contributed by atoms with E-state index in [1.54, 1.807) is 41.3 Å². The number of amides is 2. The molecular formula is C12H12Cl2N4O. The molecule has 0 spiro atoms. The molecule has 1 heterocycles. The summed E-state index contributed by atoms with van der Waals surface area (Å²) in [4.78, 5) is 11.6. The minimum Gasteiger partial charge on any atom is -0.336 e. The first-order valence-electron chi connectivity index (χ1n) is 5.62. The van der Waals surface area contributed by atoms with Crippen LogP contribution in [0.3, 0.4) is 0 Å². The number of urea groups is 1. The molecule has 0 atom stereocenters. The average molecular weight is 299 g/mol. The number of hydrogen-bond acceptors (Lipinski definition) is 2. The Hall–Kier alpha value is -1.72. The Morgan fingerprint density at radius 2 is 2.16 bits per heavy atom. The fourth-order valence-electron chi connectivity index (χ4n) is 1.49. The minimum absolute atomic E-state index is 0.291. The Balaban J connectivity index is 1.76. The van der Waals surface area contributed by atoms with Crippen molar-refractivity contribution < 1.29 is 4.79 Å². The lowest BCUT2D eigenvalue weighted by Crippen LogP contribution is -2.31. The van der Waals surface area contributed by atoms with E-state index >= 15 is 0 Å². The van der Waals surface area contributed by atoms with Gasteiger partial charge in [-0.1, -0.05) is 29.3 Å². The number of halogens is 2. The van der Waals surface area contributed by atoms with Crippen molar-refractivity contribution in [3.8, 4) is 0 Å². The molecule has 0 bridgehead atoms. The summed E-state index contributed by atoms with van der Waals surface area (Å²) in [6, 6.07) is 6.66. The number of rotatable bonds is 4. The maximum absolute atomic E-state index is 11.6. The molecule has 2 aromatic rings. The van der Waals surface area contributed by atoms with Gasteiger partial charge in [-0.25, -0.2) is 4.79 Å². The molecule has 1 aromatic carbocycles. The first kappa shape index (κ1) is 13.7. The van der Waals surface area contributed by atoms with Gasteiger partial charge in [0.1, 0.15) is 0 Å². The van der Waals surface area contributed by atoms with Crippen LogP contribution >= 0.6 is 23.2 Å². The van der Waals surface area contributed by atoms with Gasteiger partial charge in [0.05, 0.1) is 17.8 Å². The molecule has 100 valence electrons. The molecule has 1 aromatic heterocycles. The van der Waals surface area contributed by atoms with E-state index in [1.165, 1.54) is 0 Å². The SMILES string of the molecule is O=C(NCCn1cc(Cl)cn1)Nc1cccc(Cl)c1. The number of aromatic nitrogens is 2. The van der Waals surface area contributed by atoms with Crippen molar-refractivity contribution in [1.82, 2.24) is 15.1 Å². The molecule has 2 N–H and O–H groups in total. The predicted octanol–water partition coefficient (Wildman–Crippen LogP) is 3.01. The molecule has 0 radical (unpaired) electrons. The summed E-state index contributed by atoms with van der Waals surface area (Å²) in [7, 11) is 0. The van der Waals surface area contributed by atoms with Gasteiger partial charge < -0.3 is 10.6 Å². The van der Waals surface area contributed by atoms with Gasteiger partial charge >= 0.3 is 6.03 Å². The molecule has 0 unspecified atom stereocenters. The lowest BCUT2D eigenvalue weighted by Gasteiger charge is -2.07. The summed E-state index contributed by atoms with van der Waals surface area (Å²) in [5.41, 5.74) is 0.645. The van der Waals surface area contributed by atoms with E-state index in [4.69, 9.17) is 23.2 Å². The second-order valence-corrected chi connectivity index (χ2v) is 4.69. The Kier molecular flexibility index (Phi) is 4.65. The minimum atomic E-state index is -0.291. The van der Waals surface area contributed by atoms with Crippen molar-refractivity contribution in [1.29, 1.82) is 0 Å². The molecule has 0 fully saturated rings. The van der Waals surface area contributed by atoms with E-state index in [2.05, 4.69) is 15.7 Å². The van der Waals surface area contributed by atoms with Crippen molar-refractivity contribution >= 4 is 34.9 Å². The molecule has 0 saturated heterocycles. The van der Waals surface area contributed by atoms with Gasteiger partial charge in [0.25, 0.3) is 0 Å². The lowest BCUT2D eigenvalue weighted by atomic mass is 10.3. The maximum atomic E-state index is 11.6. The van der Waals surface area contributed by atoms with E-state index in [0.29, 0.717) is 28.8 Å². The molecule has 0 aliphatic carbocycles. The van der Waals surface area contributed by atoms with Gasteiger partial charge in [-0.15, -0.1) is 0 Å². The van der Waals surface area contributed by atoms with Crippen molar-refractivity contribution in [2.75, 3.05) is 11.9 Å². The number of carbonyl (C=O) groups excluding carboxylic acids is 1. The highest BCUT2D eigenvalue weighted by Crippen LogP contribution is 2.14. The summed E-state index contributed by atoms with van der Waals surface area (Å²) in [5.74, 6) is 0. The van der Waals surface area contributed by atoms with Crippen molar-refractivity contribution in [2.45, 2.75) is 6.54 Å². The smallest absolute Gasteiger partial charge is 0.319 e. The number of hydrogen-bond donors (Lipinski definition) is 2. The standard InChI is InChI=1S/C12H12Cl2N4O/c13-9-2-1-3-11(6-9)17-12(19)15-4-5-18-8-10(14)7-16-18/h1-3,6-8H,4-5H2,(H2,15,17,19). The molecule has 2 amide bonds. The Morgan fingerprint density at radius 3 is 2.84 bits per heavy atom. The zero-order valence-electron chi connectivity index (χ0n) is 9.94. The third kappa shape index (κ3) is 4.46. The summed E-state index contributed by atoms with van der Waals surface area (Å²) in [6.45, 7) is 1.00. The van der Waals surface area contributed by atoms with Crippen molar-refractivity contribution in [3.05, 3.63) is 46.7 Å². The number of nitrogens with zero attached hydrogens (tertiary/aromatic N) is 2. The van der Waals surface area contributed by atoms with Gasteiger partial charge in [0.2, 0.25) is 0 Å². The zero-order valence-corrected chi connectivity index (χ0v) is 11.4. The van der Waals surface area contributed by atoms with Gasteiger partial charge in [0, 0.05) is 23.5 Å². The molecule has 0 saturated carbocycles. The van der Waals surface area contributed by atoms with Crippen molar-refractivity contribution in [3.63, 3.8) is 0 Å². The highest BCUT2D eigenvalue weighted by molar-refractivity contribution is 6.31. The second kappa shape index (κ2) is 6.45. The number of benzene rings is 1. The van der Waals surface area contributed by atoms with E-state index in [-0.39, 0.29) is 6.03 Å². The fourth-order valence-corrected chi connectivity index (χ4v) is 1.83. The highest BCUT2D eigenvalue weighted by atomic mass is 35.5. The first-order valence-corrected chi connectivity index (χ1v) is 6.37. The highest BCUT2D eigenvalue weighted by Gasteiger charge is 2.02. The monoisotopic (exact) mass is 298 g/mol. The molecule has 0 aliphatic rings. The number of carbonyl (C=O) groups is 1. The van der Waals surface area contributed by atoms with Gasteiger partial charge in [-0.2, -0.15) is 5.10 Å². The van der Waals surface area contributed by atoms with E-state index in [1.807, 2.05) is 0 Å². The number of anilines is 1. The van der Waals surface area contributed by atoms with Crippen LogP contribution in [0, 0.1) is 0 Å². The topological polar surface area (TPSA) is 59.0 Å². The Labute approximate surface area is 120 Å². The van der Waals surface area contributed by atoms with Gasteiger partial charge in [-0.3, -0.25) is 4.68 Å². The van der Waals surface area contributed by atoms with Gasteiger partial charge in [-0.05, 0) is 18.2 Å². The van der Waals surface area contributed by atoms with Gasteiger partial charge in [0.15, 0.2) is 0 Å². The lowest BCUT2D eigenvalue weighted by molar-refractivity contribution is 0.251. The van der Waals surface area contributed by atoms with Crippen molar-refractivity contribution in [2.24, 2.45) is 0 Å². The zero-order chi connectivity index (χ0) is 13.7. The predicted molar refractivity (Wildman–Crippen MR) is 75.7 cm³/mol. The summed E-state index contributed by atoms with van der Waals surface area (Å²) < 4.78 is 1.65. The van der Waals surface area contributed by atoms with E-state index in [9.17, 15) is 4.79 Å². The Bertz CT molecular complexity index is 570. The normalized spacial score (nSPS) is 10.2. The molecular weight excluding hydrogens is 287 g/mol. The molecule has 5 nitrogen and oxygen atoms in total. The first-order chi connectivity index (χ1) is 9.13. The van der Waals surface area contributed by atoms with Crippen LogP contribution in [0.1, 0.15) is 0 Å². The average Bonchev–Trinajstić information content (AvgIpc) is 2.75. The molecule has 0 aliphatic heterocycles. The summed E-state index contributed by atoms with van der Waals surface area (Å²) in [5, 5.41) is 10.5. The third-order valence-electron chi connectivity index (χ3n) is 2.31. The van der Waals surface area contributed by atoms with Crippen LogP contribution < -0.4 is 10.6 Å². The third-order valence-corrected chi connectivity index (χ3v) is 2.74. The molecule has 7 heteroatoms. The van der Waals surface area contributed by atoms with Crippen LogP contribution in [0.15, 0.2) is 36.7 Å². The van der Waals surface area contributed by atoms with E-state index in [0.717, 1.165) is 0 Å². The molecule has 2 rings (SSSR count). The van der Waals surface area contributed by atoms with Crippen LogP contribution in [0.4, 0.5) is 10.5 Å². The molecule has 19 heavy (non-hydrogen) atoms. The van der Waals surface area contributed by atoms with E-state index < -0.39 is 0 Å². The summed E-state index contributed by atoms with van der Waals surface area (Å²) >= 11 is 11.5. The van der Waals surface area contributed by atoms with Crippen LogP contribution in [0.25, 0.3) is 0 Å². The Morgan fingerprint density at radius 1 is 1.32 bits per heavy atom. The van der Waals surface area contributed by atoms with Crippen LogP contribution in [0.5, 0.6) is 0 Å².